The van der Waals surface area contributed by atoms with Crippen molar-refractivity contribution in [3.05, 3.63) is 34.3 Å². The molecule has 1 aromatic carbocycles. The van der Waals surface area contributed by atoms with Gasteiger partial charge in [-0.1, -0.05) is 10.6 Å². The van der Waals surface area contributed by atoms with Gasteiger partial charge in [0.2, 0.25) is 10.0 Å². The summed E-state index contributed by atoms with van der Waals surface area (Å²) in [6.07, 6.45) is 0.615. The standard InChI is InChI=1S/C14H16N4O3S2/c1-9-4-5-11(18-6-3-7-23(18,20)21)8-12(9)15-14(19)13-10(2)16-17-22-13/h4-5,8H,3,6-7H2,1-2H3,(H,15,19). The molecule has 9 heteroatoms. The first-order valence-electron chi connectivity index (χ1n) is 7.10. The van der Waals surface area contributed by atoms with Gasteiger partial charge in [0.05, 0.1) is 17.1 Å². The Morgan fingerprint density at radius 3 is 2.74 bits per heavy atom. The predicted molar refractivity (Wildman–Crippen MR) is 89.5 cm³/mol. The van der Waals surface area contributed by atoms with Gasteiger partial charge in [-0.05, 0) is 49.5 Å². The summed E-state index contributed by atoms with van der Waals surface area (Å²) in [6.45, 7) is 4.05. The van der Waals surface area contributed by atoms with Crippen LogP contribution in [0.2, 0.25) is 0 Å². The Morgan fingerprint density at radius 2 is 2.13 bits per heavy atom. The molecule has 0 bridgehead atoms. The number of sulfonamides is 1. The van der Waals surface area contributed by atoms with Crippen LogP contribution in [-0.4, -0.2) is 36.2 Å². The predicted octanol–water partition coefficient (Wildman–Crippen LogP) is 1.95. The first-order chi connectivity index (χ1) is 10.9. The van der Waals surface area contributed by atoms with Crippen molar-refractivity contribution in [1.82, 2.24) is 9.59 Å². The number of hydrogen-bond acceptors (Lipinski definition) is 6. The summed E-state index contributed by atoms with van der Waals surface area (Å²) in [7, 11) is -3.25. The number of benzene rings is 1. The Morgan fingerprint density at radius 1 is 1.35 bits per heavy atom. The molecule has 2 aromatic rings. The van der Waals surface area contributed by atoms with Gasteiger partial charge in [0.15, 0.2) is 0 Å². The van der Waals surface area contributed by atoms with Gasteiger partial charge in [-0.25, -0.2) is 8.42 Å². The minimum atomic E-state index is -3.25. The third-order valence-electron chi connectivity index (χ3n) is 3.71. The van der Waals surface area contributed by atoms with Gasteiger partial charge in [-0.15, -0.1) is 5.10 Å². The molecule has 1 fully saturated rings. The van der Waals surface area contributed by atoms with E-state index in [4.69, 9.17) is 0 Å². The molecule has 1 aliphatic rings. The molecule has 7 nitrogen and oxygen atoms in total. The van der Waals surface area contributed by atoms with E-state index < -0.39 is 10.0 Å². The number of carbonyl (C=O) groups excluding carboxylic acids is 1. The minimum Gasteiger partial charge on any atom is -0.321 e. The number of anilines is 2. The number of nitrogens with one attached hydrogen (secondary N) is 1. The summed E-state index contributed by atoms with van der Waals surface area (Å²) in [5, 5.41) is 6.64. The van der Waals surface area contributed by atoms with Crippen molar-refractivity contribution in [2.45, 2.75) is 20.3 Å². The molecule has 1 aromatic heterocycles. The minimum absolute atomic E-state index is 0.161. The molecule has 23 heavy (non-hydrogen) atoms. The molecule has 0 atom stereocenters. The molecule has 3 rings (SSSR count). The van der Waals surface area contributed by atoms with Crippen LogP contribution in [0.15, 0.2) is 18.2 Å². The van der Waals surface area contributed by atoms with Crippen molar-refractivity contribution in [3.8, 4) is 0 Å². The highest BCUT2D eigenvalue weighted by Gasteiger charge is 2.28. The highest BCUT2D eigenvalue weighted by atomic mass is 32.2. The zero-order valence-corrected chi connectivity index (χ0v) is 14.4. The molecule has 0 aliphatic carbocycles. The number of carbonyl (C=O) groups is 1. The van der Waals surface area contributed by atoms with Crippen molar-refractivity contribution in [2.24, 2.45) is 0 Å². The van der Waals surface area contributed by atoms with E-state index in [1.807, 2.05) is 6.92 Å². The summed E-state index contributed by atoms with van der Waals surface area (Å²) in [5.41, 5.74) is 2.59. The van der Waals surface area contributed by atoms with Crippen LogP contribution in [0.5, 0.6) is 0 Å². The van der Waals surface area contributed by atoms with Crippen LogP contribution in [-0.2, 0) is 10.0 Å². The van der Waals surface area contributed by atoms with Crippen LogP contribution in [0.25, 0.3) is 0 Å². The van der Waals surface area contributed by atoms with Gasteiger partial charge in [-0.3, -0.25) is 9.10 Å². The summed E-state index contributed by atoms with van der Waals surface area (Å²) < 4.78 is 29.2. The number of aryl methyl sites for hydroxylation is 2. The average molecular weight is 352 g/mol. The molecule has 2 heterocycles. The number of hydrogen-bond donors (Lipinski definition) is 1. The van der Waals surface area contributed by atoms with Gasteiger partial charge in [0.25, 0.3) is 5.91 Å². The van der Waals surface area contributed by atoms with Crippen molar-refractivity contribution in [1.29, 1.82) is 0 Å². The lowest BCUT2D eigenvalue weighted by molar-refractivity contribution is 0.102. The zero-order valence-electron chi connectivity index (χ0n) is 12.7. The molecule has 122 valence electrons. The molecule has 1 aliphatic heterocycles. The Balaban J connectivity index is 1.90. The zero-order chi connectivity index (χ0) is 16.6. The topological polar surface area (TPSA) is 92.3 Å². The summed E-state index contributed by atoms with van der Waals surface area (Å²) in [4.78, 5) is 12.7. The number of aromatic nitrogens is 2. The van der Waals surface area contributed by atoms with Crippen LogP contribution in [0.3, 0.4) is 0 Å². The lowest BCUT2D eigenvalue weighted by atomic mass is 10.1. The molecule has 1 amide bonds. The van der Waals surface area contributed by atoms with Crippen molar-refractivity contribution in [2.75, 3.05) is 21.9 Å². The molecule has 0 saturated carbocycles. The van der Waals surface area contributed by atoms with E-state index >= 15 is 0 Å². The molecular formula is C14H16N4O3S2. The Hall–Kier alpha value is -2.00. The first-order valence-corrected chi connectivity index (χ1v) is 9.48. The fourth-order valence-electron chi connectivity index (χ4n) is 2.45. The fraction of sp³-hybridized carbons (Fsp3) is 0.357. The summed E-state index contributed by atoms with van der Waals surface area (Å²) in [5.74, 6) is -0.129. The number of amides is 1. The third-order valence-corrected chi connectivity index (χ3v) is 6.41. The van der Waals surface area contributed by atoms with E-state index in [0.717, 1.165) is 17.1 Å². The Bertz CT molecular complexity index is 861. The molecule has 1 saturated heterocycles. The lowest BCUT2D eigenvalue weighted by Gasteiger charge is -2.19. The lowest BCUT2D eigenvalue weighted by Crippen LogP contribution is -2.25. The largest absolute Gasteiger partial charge is 0.321 e. The number of nitrogens with zero attached hydrogens (tertiary/aromatic N) is 3. The number of rotatable bonds is 3. The summed E-state index contributed by atoms with van der Waals surface area (Å²) in [6, 6.07) is 5.25. The van der Waals surface area contributed by atoms with Crippen molar-refractivity contribution >= 4 is 38.8 Å². The maximum atomic E-state index is 12.3. The average Bonchev–Trinajstić information content (AvgIpc) is 3.06. The smallest absolute Gasteiger partial charge is 0.269 e. The monoisotopic (exact) mass is 352 g/mol. The molecule has 0 radical (unpaired) electrons. The van der Waals surface area contributed by atoms with E-state index in [0.29, 0.717) is 34.9 Å². The van der Waals surface area contributed by atoms with Gasteiger partial charge in [0.1, 0.15) is 4.88 Å². The van der Waals surface area contributed by atoms with Crippen molar-refractivity contribution in [3.63, 3.8) is 0 Å². The van der Waals surface area contributed by atoms with E-state index in [2.05, 4.69) is 14.9 Å². The highest BCUT2D eigenvalue weighted by molar-refractivity contribution is 7.93. The van der Waals surface area contributed by atoms with E-state index in [1.54, 1.807) is 25.1 Å². The van der Waals surface area contributed by atoms with Crippen LogP contribution in [0.4, 0.5) is 11.4 Å². The molecular weight excluding hydrogens is 336 g/mol. The summed E-state index contributed by atoms with van der Waals surface area (Å²) >= 11 is 1.03. The normalized spacial score (nSPS) is 16.5. The van der Waals surface area contributed by atoms with Gasteiger partial charge < -0.3 is 5.32 Å². The third kappa shape index (κ3) is 3.06. The highest BCUT2D eigenvalue weighted by Crippen LogP contribution is 2.29. The second kappa shape index (κ2) is 5.89. The Labute approximate surface area is 138 Å². The Kier molecular flexibility index (Phi) is 4.07. The van der Waals surface area contributed by atoms with Gasteiger partial charge in [0, 0.05) is 12.2 Å². The fourth-order valence-corrected chi connectivity index (χ4v) is 4.56. The molecule has 0 unspecified atom stereocenters. The second-order valence-corrected chi connectivity index (χ2v) is 8.15. The molecule has 0 spiro atoms. The van der Waals surface area contributed by atoms with E-state index in [9.17, 15) is 13.2 Å². The molecule has 1 N–H and O–H groups in total. The van der Waals surface area contributed by atoms with Gasteiger partial charge >= 0.3 is 0 Å². The van der Waals surface area contributed by atoms with E-state index in [-0.39, 0.29) is 11.7 Å². The maximum Gasteiger partial charge on any atom is 0.269 e. The SMILES string of the molecule is Cc1ccc(N2CCCS2(=O)=O)cc1NC(=O)c1snnc1C. The quantitative estimate of drug-likeness (QED) is 0.911. The van der Waals surface area contributed by atoms with Crippen LogP contribution in [0.1, 0.15) is 27.3 Å². The van der Waals surface area contributed by atoms with Crippen LogP contribution < -0.4 is 9.62 Å². The van der Waals surface area contributed by atoms with Crippen LogP contribution >= 0.6 is 11.5 Å². The first kappa shape index (κ1) is 15.9. The maximum absolute atomic E-state index is 12.3. The van der Waals surface area contributed by atoms with Crippen LogP contribution in [0, 0.1) is 13.8 Å². The second-order valence-electron chi connectivity index (χ2n) is 5.38. The van der Waals surface area contributed by atoms with Crippen molar-refractivity contribution < 1.29 is 13.2 Å². The van der Waals surface area contributed by atoms with Gasteiger partial charge in [-0.2, -0.15) is 0 Å². The van der Waals surface area contributed by atoms with E-state index in [1.165, 1.54) is 4.31 Å².